The molecule has 0 aliphatic carbocycles. The summed E-state index contributed by atoms with van der Waals surface area (Å²) < 4.78 is 27.0. The fourth-order valence-electron chi connectivity index (χ4n) is 4.62. The summed E-state index contributed by atoms with van der Waals surface area (Å²) in [7, 11) is -3.94. The quantitative estimate of drug-likeness (QED) is 0.456. The first-order valence-corrected chi connectivity index (χ1v) is 14.1. The van der Waals surface area contributed by atoms with E-state index in [2.05, 4.69) is 15.6 Å². The minimum atomic E-state index is -3.94. The van der Waals surface area contributed by atoms with E-state index in [1.165, 1.54) is 12.3 Å². The van der Waals surface area contributed by atoms with Crippen LogP contribution in [-0.4, -0.2) is 60.5 Å². The molecule has 2 N–H and O–H groups in total. The van der Waals surface area contributed by atoms with Crippen molar-refractivity contribution < 1.29 is 22.8 Å². The second-order valence-corrected chi connectivity index (χ2v) is 11.7. The summed E-state index contributed by atoms with van der Waals surface area (Å²) in [5.74, 6) is -1.14. The first-order valence-electron chi connectivity index (χ1n) is 12.7. The van der Waals surface area contributed by atoms with Crippen LogP contribution in [0, 0.1) is 5.92 Å². The van der Waals surface area contributed by atoms with Crippen molar-refractivity contribution in [2.24, 2.45) is 5.92 Å². The third-order valence-corrected chi connectivity index (χ3v) is 8.30. The largest absolute Gasteiger partial charge is 0.344 e. The molecule has 3 aromatic rings. The predicted octanol–water partition coefficient (Wildman–Crippen LogP) is 2.92. The van der Waals surface area contributed by atoms with Gasteiger partial charge in [-0.1, -0.05) is 56.3 Å². The maximum absolute atomic E-state index is 13.3. The first kappa shape index (κ1) is 27.4. The molecule has 200 valence electrons. The number of Topliss-reactive ketones (excluding diaryl/α,β-unsaturated/α-hetero) is 1. The predicted molar refractivity (Wildman–Crippen MR) is 144 cm³/mol. The Bertz CT molecular complexity index is 1420. The van der Waals surface area contributed by atoms with Crippen molar-refractivity contribution in [3.05, 3.63) is 72.4 Å². The molecule has 4 rings (SSSR count). The molecule has 10 heteroatoms. The molecule has 2 amide bonds. The lowest BCUT2D eigenvalue weighted by molar-refractivity contribution is -0.129. The lowest BCUT2D eigenvalue weighted by Gasteiger charge is -2.24. The number of carbonyl (C=O) groups is 3. The van der Waals surface area contributed by atoms with Crippen molar-refractivity contribution in [3.63, 3.8) is 0 Å². The molecule has 1 fully saturated rings. The maximum atomic E-state index is 13.3. The van der Waals surface area contributed by atoms with Crippen molar-refractivity contribution in [2.45, 2.75) is 50.2 Å². The highest BCUT2D eigenvalue weighted by molar-refractivity contribution is 7.89. The van der Waals surface area contributed by atoms with E-state index in [4.69, 9.17) is 0 Å². The lowest BCUT2D eigenvalue weighted by Crippen LogP contribution is -2.52. The number of pyridine rings is 1. The summed E-state index contributed by atoms with van der Waals surface area (Å²) >= 11 is 0. The van der Waals surface area contributed by atoms with Crippen LogP contribution in [0.25, 0.3) is 10.8 Å². The number of nitrogens with one attached hydrogen (secondary N) is 2. The molecule has 2 aromatic carbocycles. The zero-order valence-corrected chi connectivity index (χ0v) is 22.3. The zero-order valence-electron chi connectivity index (χ0n) is 21.5. The molecule has 0 bridgehead atoms. The smallest absolute Gasteiger partial charge is 0.260 e. The SMILES string of the molecule is CC(C)C[C@H](NC(=O)c1cccc2ccccc12)C(=O)N[C@H]1CCCN(S(=O)(=O)c2ccccn2)CC1=O. The number of rotatable bonds is 8. The van der Waals surface area contributed by atoms with E-state index in [-0.39, 0.29) is 29.9 Å². The average molecular weight is 537 g/mol. The van der Waals surface area contributed by atoms with E-state index in [1.54, 1.807) is 24.3 Å². The Morgan fingerprint density at radius 3 is 2.53 bits per heavy atom. The standard InChI is InChI=1S/C28H32N4O5S/c1-19(2)17-24(31-27(34)22-12-7-10-20-9-3-4-11-21(20)22)28(35)30-23-13-8-16-32(18-25(23)33)38(36,37)26-14-5-6-15-29-26/h3-7,9-12,14-15,19,23-24H,8,13,16-18H2,1-2H3,(H,30,35)(H,31,34)/t23-,24-/m0/s1. The van der Waals surface area contributed by atoms with E-state index in [0.717, 1.165) is 15.1 Å². The summed E-state index contributed by atoms with van der Waals surface area (Å²) in [6.45, 7) is 3.67. The fraction of sp³-hybridized carbons (Fsp3) is 0.357. The molecule has 2 atom stereocenters. The van der Waals surface area contributed by atoms with Gasteiger partial charge in [0.1, 0.15) is 6.04 Å². The second-order valence-electron chi connectivity index (χ2n) is 9.86. The van der Waals surface area contributed by atoms with Crippen LogP contribution in [0.2, 0.25) is 0 Å². The van der Waals surface area contributed by atoms with Crippen LogP contribution in [0.3, 0.4) is 0 Å². The van der Waals surface area contributed by atoms with Crippen molar-refractivity contribution in [2.75, 3.05) is 13.1 Å². The zero-order chi connectivity index (χ0) is 27.3. The number of benzene rings is 2. The summed E-state index contributed by atoms with van der Waals surface area (Å²) in [5, 5.41) is 7.21. The number of ketones is 1. The Balaban J connectivity index is 1.47. The molecule has 1 saturated heterocycles. The number of hydrogen-bond donors (Lipinski definition) is 2. The van der Waals surface area contributed by atoms with Gasteiger partial charge in [-0.3, -0.25) is 14.4 Å². The van der Waals surface area contributed by atoms with Crippen LogP contribution < -0.4 is 10.6 Å². The molecule has 0 saturated carbocycles. The summed E-state index contributed by atoms with van der Waals surface area (Å²) in [4.78, 5) is 43.5. The van der Waals surface area contributed by atoms with Gasteiger partial charge in [0.25, 0.3) is 15.9 Å². The van der Waals surface area contributed by atoms with Gasteiger partial charge >= 0.3 is 0 Å². The fourth-order valence-corrected chi connectivity index (χ4v) is 6.00. The van der Waals surface area contributed by atoms with Gasteiger partial charge in [-0.05, 0) is 54.2 Å². The van der Waals surface area contributed by atoms with E-state index in [1.807, 2.05) is 44.2 Å². The lowest BCUT2D eigenvalue weighted by atomic mass is 10.00. The van der Waals surface area contributed by atoms with Crippen molar-refractivity contribution in [3.8, 4) is 0 Å². The molecule has 38 heavy (non-hydrogen) atoms. The Hall–Kier alpha value is -3.63. The highest BCUT2D eigenvalue weighted by Crippen LogP contribution is 2.20. The minimum Gasteiger partial charge on any atom is -0.344 e. The van der Waals surface area contributed by atoms with Gasteiger partial charge in [-0.2, -0.15) is 4.31 Å². The number of nitrogens with zero attached hydrogens (tertiary/aromatic N) is 2. The number of carbonyl (C=O) groups excluding carboxylic acids is 3. The molecular weight excluding hydrogens is 504 g/mol. The highest BCUT2D eigenvalue weighted by atomic mass is 32.2. The molecule has 2 heterocycles. The number of aromatic nitrogens is 1. The van der Waals surface area contributed by atoms with Gasteiger partial charge in [0, 0.05) is 18.3 Å². The molecule has 0 unspecified atom stereocenters. The molecular formula is C28H32N4O5S. The minimum absolute atomic E-state index is 0.0995. The van der Waals surface area contributed by atoms with E-state index in [9.17, 15) is 22.8 Å². The number of hydrogen-bond acceptors (Lipinski definition) is 6. The van der Waals surface area contributed by atoms with E-state index < -0.39 is 33.8 Å². The molecule has 1 aromatic heterocycles. The highest BCUT2D eigenvalue weighted by Gasteiger charge is 2.35. The first-order chi connectivity index (χ1) is 18.2. The maximum Gasteiger partial charge on any atom is 0.260 e. The normalized spacial score (nSPS) is 17.7. The van der Waals surface area contributed by atoms with Crippen LogP contribution in [0.1, 0.15) is 43.5 Å². The topological polar surface area (TPSA) is 126 Å². The van der Waals surface area contributed by atoms with Gasteiger partial charge in [-0.25, -0.2) is 13.4 Å². The molecule has 1 aliphatic rings. The number of sulfonamides is 1. The van der Waals surface area contributed by atoms with Gasteiger partial charge in [0.15, 0.2) is 10.8 Å². The van der Waals surface area contributed by atoms with Crippen molar-refractivity contribution >= 4 is 38.4 Å². The van der Waals surface area contributed by atoms with Crippen LogP contribution in [-0.2, 0) is 19.6 Å². The van der Waals surface area contributed by atoms with Gasteiger partial charge in [0.05, 0.1) is 12.6 Å². The monoisotopic (exact) mass is 536 g/mol. The number of fused-ring (bicyclic) bond motifs is 1. The van der Waals surface area contributed by atoms with Crippen molar-refractivity contribution in [1.29, 1.82) is 0 Å². The third kappa shape index (κ3) is 6.25. The summed E-state index contributed by atoms with van der Waals surface area (Å²) in [6, 6.07) is 15.8. The summed E-state index contributed by atoms with van der Waals surface area (Å²) in [5.41, 5.74) is 0.463. The van der Waals surface area contributed by atoms with Crippen LogP contribution in [0.15, 0.2) is 71.9 Å². The van der Waals surface area contributed by atoms with E-state index >= 15 is 0 Å². The average Bonchev–Trinajstić information content (AvgIpc) is 3.09. The molecule has 0 radical (unpaired) electrons. The van der Waals surface area contributed by atoms with Gasteiger partial charge < -0.3 is 10.6 Å². The summed E-state index contributed by atoms with van der Waals surface area (Å²) in [6.07, 6.45) is 2.45. The number of amides is 2. The molecule has 0 spiro atoms. The Morgan fingerprint density at radius 1 is 1.05 bits per heavy atom. The van der Waals surface area contributed by atoms with E-state index in [0.29, 0.717) is 24.8 Å². The Morgan fingerprint density at radius 2 is 1.79 bits per heavy atom. The van der Waals surface area contributed by atoms with Gasteiger partial charge in [-0.15, -0.1) is 0 Å². The van der Waals surface area contributed by atoms with Crippen LogP contribution >= 0.6 is 0 Å². The second kappa shape index (κ2) is 11.8. The Kier molecular flexibility index (Phi) is 8.53. The molecule has 9 nitrogen and oxygen atoms in total. The van der Waals surface area contributed by atoms with Gasteiger partial charge in [0.2, 0.25) is 5.91 Å². The Labute approximate surface area is 222 Å². The van der Waals surface area contributed by atoms with Crippen LogP contribution in [0.5, 0.6) is 0 Å². The van der Waals surface area contributed by atoms with Crippen molar-refractivity contribution in [1.82, 2.24) is 19.9 Å². The third-order valence-electron chi connectivity index (χ3n) is 6.54. The van der Waals surface area contributed by atoms with Crippen LogP contribution in [0.4, 0.5) is 0 Å². The molecule has 1 aliphatic heterocycles.